The number of piperidine rings is 1. The summed E-state index contributed by atoms with van der Waals surface area (Å²) in [6, 6.07) is 9.34. The first-order valence-electron chi connectivity index (χ1n) is 8.53. The average molecular weight is 273 g/mol. The van der Waals surface area contributed by atoms with E-state index in [1.165, 1.54) is 62.9 Å². The van der Waals surface area contributed by atoms with Gasteiger partial charge in [-0.25, -0.2) is 0 Å². The summed E-state index contributed by atoms with van der Waals surface area (Å²) in [5, 5.41) is 0. The Morgan fingerprint density at radius 1 is 0.950 bits per heavy atom. The van der Waals surface area contributed by atoms with Gasteiger partial charge in [-0.3, -0.25) is 0 Å². The van der Waals surface area contributed by atoms with Crippen LogP contribution in [0.2, 0.25) is 0 Å². The van der Waals surface area contributed by atoms with Crippen LogP contribution < -0.4 is 4.90 Å². The van der Waals surface area contributed by atoms with Crippen molar-refractivity contribution in [2.75, 3.05) is 18.0 Å². The lowest BCUT2D eigenvalue weighted by Gasteiger charge is -2.36. The Morgan fingerprint density at radius 3 is 2.20 bits per heavy atom. The summed E-state index contributed by atoms with van der Waals surface area (Å²) in [7, 11) is 0. The first-order valence-corrected chi connectivity index (χ1v) is 8.53. The molecule has 0 N–H and O–H groups in total. The van der Waals surface area contributed by atoms with Crippen LogP contribution in [0.25, 0.3) is 0 Å². The number of unbranched alkanes of at least 4 members (excludes halogenated alkanes) is 3. The Hall–Kier alpha value is -0.980. The molecule has 0 aromatic heterocycles. The van der Waals surface area contributed by atoms with Gasteiger partial charge in [0.15, 0.2) is 0 Å². The molecule has 1 aromatic carbocycles. The van der Waals surface area contributed by atoms with E-state index in [1.54, 1.807) is 0 Å². The van der Waals surface area contributed by atoms with Gasteiger partial charge in [0.25, 0.3) is 0 Å². The summed E-state index contributed by atoms with van der Waals surface area (Å²) in [6.45, 7) is 9.48. The molecule has 1 fully saturated rings. The molecule has 1 heterocycles. The summed E-state index contributed by atoms with van der Waals surface area (Å²) < 4.78 is 0. The highest BCUT2D eigenvalue weighted by atomic mass is 15.1. The number of aryl methyl sites for hydroxylation is 1. The molecule has 1 saturated heterocycles. The Morgan fingerprint density at radius 2 is 1.60 bits per heavy atom. The molecule has 0 amide bonds. The van der Waals surface area contributed by atoms with E-state index < -0.39 is 0 Å². The average Bonchev–Trinajstić information content (AvgIpc) is 2.43. The predicted octanol–water partition coefficient (Wildman–Crippen LogP) is 5.29. The number of anilines is 1. The van der Waals surface area contributed by atoms with Crippen LogP contribution >= 0.6 is 0 Å². The molecule has 20 heavy (non-hydrogen) atoms. The minimum Gasteiger partial charge on any atom is -0.371 e. The van der Waals surface area contributed by atoms with Crippen LogP contribution in [0.5, 0.6) is 0 Å². The number of hydrogen-bond donors (Lipinski definition) is 0. The van der Waals surface area contributed by atoms with Crippen molar-refractivity contribution in [1.29, 1.82) is 0 Å². The fraction of sp³-hybridized carbons (Fsp3) is 0.684. The van der Waals surface area contributed by atoms with Crippen molar-refractivity contribution in [3.8, 4) is 0 Å². The Bertz CT molecular complexity index is 371. The summed E-state index contributed by atoms with van der Waals surface area (Å²) in [5.41, 5.74) is 2.92. The summed E-state index contributed by atoms with van der Waals surface area (Å²) >= 11 is 0. The van der Waals surface area contributed by atoms with E-state index in [4.69, 9.17) is 0 Å². The van der Waals surface area contributed by atoms with Gasteiger partial charge in [-0.1, -0.05) is 52.2 Å². The molecular weight excluding hydrogens is 242 g/mol. The molecule has 1 aromatic rings. The van der Waals surface area contributed by atoms with Gasteiger partial charge in [0.05, 0.1) is 0 Å². The maximum Gasteiger partial charge on any atom is 0.0366 e. The van der Waals surface area contributed by atoms with E-state index in [2.05, 4.69) is 49.9 Å². The molecule has 2 atom stereocenters. The zero-order valence-corrected chi connectivity index (χ0v) is 13.6. The summed E-state index contributed by atoms with van der Waals surface area (Å²) in [5.74, 6) is 1.65. The molecule has 1 aliphatic heterocycles. The largest absolute Gasteiger partial charge is 0.371 e. The van der Waals surface area contributed by atoms with Crippen molar-refractivity contribution in [2.45, 2.75) is 59.3 Å². The molecule has 1 aliphatic rings. The zero-order valence-electron chi connectivity index (χ0n) is 13.6. The second-order valence-corrected chi connectivity index (χ2v) is 6.83. The third-order valence-electron chi connectivity index (χ3n) is 4.49. The Balaban J connectivity index is 1.87. The third kappa shape index (κ3) is 4.54. The molecule has 2 rings (SSSR count). The summed E-state index contributed by atoms with van der Waals surface area (Å²) in [6.07, 6.45) is 8.04. The standard InChI is InChI=1S/C19H31N/c1-4-5-6-7-8-18-9-11-19(12-10-18)20-14-16(2)13-17(3)15-20/h9-12,16-17H,4-8,13-15H2,1-3H3/t16-,17-/m1/s1. The Labute approximate surface area is 125 Å². The molecule has 112 valence electrons. The van der Waals surface area contributed by atoms with E-state index in [0.29, 0.717) is 0 Å². The van der Waals surface area contributed by atoms with Gasteiger partial charge in [0.2, 0.25) is 0 Å². The van der Waals surface area contributed by atoms with Crippen molar-refractivity contribution in [3.63, 3.8) is 0 Å². The zero-order chi connectivity index (χ0) is 14.4. The first-order chi connectivity index (χ1) is 9.69. The van der Waals surface area contributed by atoms with E-state index in [9.17, 15) is 0 Å². The molecule has 0 saturated carbocycles. The van der Waals surface area contributed by atoms with Gasteiger partial charge < -0.3 is 4.90 Å². The second kappa shape index (κ2) is 7.71. The molecular formula is C19H31N. The Kier molecular flexibility index (Phi) is 5.94. The lowest BCUT2D eigenvalue weighted by Crippen LogP contribution is -2.38. The van der Waals surface area contributed by atoms with Gasteiger partial charge in [-0.05, 0) is 48.8 Å². The van der Waals surface area contributed by atoms with Gasteiger partial charge in [-0.2, -0.15) is 0 Å². The molecule has 0 spiro atoms. The van der Waals surface area contributed by atoms with Crippen molar-refractivity contribution >= 4 is 5.69 Å². The summed E-state index contributed by atoms with van der Waals surface area (Å²) in [4.78, 5) is 2.57. The SMILES string of the molecule is CCCCCCc1ccc(N2C[C@H](C)C[C@@H](C)C2)cc1. The molecule has 0 unspecified atom stereocenters. The number of rotatable bonds is 6. The van der Waals surface area contributed by atoms with E-state index in [0.717, 1.165) is 11.8 Å². The van der Waals surface area contributed by atoms with Gasteiger partial charge in [0.1, 0.15) is 0 Å². The van der Waals surface area contributed by atoms with Gasteiger partial charge in [-0.15, -0.1) is 0 Å². The van der Waals surface area contributed by atoms with Crippen LogP contribution in [0.3, 0.4) is 0 Å². The third-order valence-corrected chi connectivity index (χ3v) is 4.49. The molecule has 0 bridgehead atoms. The van der Waals surface area contributed by atoms with Crippen molar-refractivity contribution in [1.82, 2.24) is 0 Å². The van der Waals surface area contributed by atoms with E-state index in [-0.39, 0.29) is 0 Å². The lowest BCUT2D eigenvalue weighted by molar-refractivity contribution is 0.357. The minimum absolute atomic E-state index is 0.826. The van der Waals surface area contributed by atoms with Crippen LogP contribution in [0, 0.1) is 11.8 Å². The normalized spacial score (nSPS) is 23.1. The highest BCUT2D eigenvalue weighted by Crippen LogP contribution is 2.26. The molecule has 0 radical (unpaired) electrons. The number of nitrogens with zero attached hydrogens (tertiary/aromatic N) is 1. The molecule has 1 nitrogen and oxygen atoms in total. The van der Waals surface area contributed by atoms with Gasteiger partial charge >= 0.3 is 0 Å². The maximum absolute atomic E-state index is 2.57. The predicted molar refractivity (Wildman–Crippen MR) is 89.4 cm³/mol. The van der Waals surface area contributed by atoms with E-state index >= 15 is 0 Å². The van der Waals surface area contributed by atoms with Crippen LogP contribution in [-0.2, 0) is 6.42 Å². The fourth-order valence-corrected chi connectivity index (χ4v) is 3.50. The quantitative estimate of drug-likeness (QED) is 0.636. The topological polar surface area (TPSA) is 3.24 Å². The van der Waals surface area contributed by atoms with Crippen LogP contribution in [0.1, 0.15) is 58.4 Å². The van der Waals surface area contributed by atoms with Gasteiger partial charge in [0, 0.05) is 18.8 Å². The van der Waals surface area contributed by atoms with Crippen LogP contribution in [0.15, 0.2) is 24.3 Å². The van der Waals surface area contributed by atoms with Crippen LogP contribution in [-0.4, -0.2) is 13.1 Å². The minimum atomic E-state index is 0.826. The fourth-order valence-electron chi connectivity index (χ4n) is 3.50. The number of benzene rings is 1. The van der Waals surface area contributed by atoms with Crippen molar-refractivity contribution < 1.29 is 0 Å². The van der Waals surface area contributed by atoms with Crippen molar-refractivity contribution in [2.24, 2.45) is 11.8 Å². The smallest absolute Gasteiger partial charge is 0.0366 e. The van der Waals surface area contributed by atoms with Crippen molar-refractivity contribution in [3.05, 3.63) is 29.8 Å². The highest BCUT2D eigenvalue weighted by molar-refractivity contribution is 5.48. The molecule has 0 aliphatic carbocycles. The van der Waals surface area contributed by atoms with E-state index in [1.807, 2.05) is 0 Å². The highest BCUT2D eigenvalue weighted by Gasteiger charge is 2.21. The maximum atomic E-state index is 2.57. The number of hydrogen-bond acceptors (Lipinski definition) is 1. The monoisotopic (exact) mass is 273 g/mol. The lowest BCUT2D eigenvalue weighted by atomic mass is 9.91. The second-order valence-electron chi connectivity index (χ2n) is 6.83. The first kappa shape index (κ1) is 15.4. The van der Waals surface area contributed by atoms with Crippen LogP contribution in [0.4, 0.5) is 5.69 Å². The molecule has 1 heteroatoms.